The predicted molar refractivity (Wildman–Crippen MR) is 74.3 cm³/mol. The highest BCUT2D eigenvalue weighted by Gasteiger charge is 2.23. The Morgan fingerprint density at radius 2 is 1.78 bits per heavy atom. The lowest BCUT2D eigenvalue weighted by Crippen LogP contribution is -2.43. The molecule has 0 aromatic heterocycles. The van der Waals surface area contributed by atoms with Crippen LogP contribution in [0.3, 0.4) is 0 Å². The molecule has 2 atom stereocenters. The molecule has 2 N–H and O–H groups in total. The number of hydrogen-bond donors (Lipinski definition) is 2. The quantitative estimate of drug-likeness (QED) is 0.850. The average molecular weight is 337 g/mol. The highest BCUT2D eigenvalue weighted by Crippen LogP contribution is 2.20. The van der Waals surface area contributed by atoms with Crippen molar-refractivity contribution in [1.29, 1.82) is 0 Å². The van der Waals surface area contributed by atoms with Gasteiger partial charge in [-0.1, -0.05) is 28.1 Å². The normalized spacial score (nSPS) is 15.7. The SMILES string of the molecule is C[C@@H](NS(=O)(=O)N(C)C)[C@@H](O)c1ccc(Br)cc1. The molecule has 1 aromatic rings. The molecule has 1 aromatic carbocycles. The zero-order chi connectivity index (χ0) is 13.9. The highest BCUT2D eigenvalue weighted by atomic mass is 79.9. The molecule has 0 bridgehead atoms. The average Bonchev–Trinajstić information content (AvgIpc) is 2.28. The van der Waals surface area contributed by atoms with Gasteiger partial charge in [0.15, 0.2) is 0 Å². The molecule has 0 aliphatic rings. The number of halogens is 1. The first kappa shape index (κ1) is 15.6. The molecule has 1 rings (SSSR count). The van der Waals surface area contributed by atoms with Crippen LogP contribution in [0.1, 0.15) is 18.6 Å². The van der Waals surface area contributed by atoms with E-state index in [1.165, 1.54) is 14.1 Å². The largest absolute Gasteiger partial charge is 0.387 e. The minimum Gasteiger partial charge on any atom is -0.387 e. The standard InChI is InChI=1S/C11H17BrN2O3S/c1-8(13-18(16,17)14(2)3)11(15)9-4-6-10(12)7-5-9/h4-8,11,13,15H,1-3H3/t8-,11-/m1/s1. The monoisotopic (exact) mass is 336 g/mol. The van der Waals surface area contributed by atoms with E-state index < -0.39 is 22.4 Å². The molecule has 0 heterocycles. The van der Waals surface area contributed by atoms with Crippen LogP contribution in [0.4, 0.5) is 0 Å². The van der Waals surface area contributed by atoms with Gasteiger partial charge in [0.1, 0.15) is 0 Å². The summed E-state index contributed by atoms with van der Waals surface area (Å²) >= 11 is 3.30. The van der Waals surface area contributed by atoms with Crippen molar-refractivity contribution in [3.63, 3.8) is 0 Å². The molecule has 0 saturated carbocycles. The van der Waals surface area contributed by atoms with Gasteiger partial charge >= 0.3 is 0 Å². The Kier molecular flexibility index (Phi) is 5.30. The summed E-state index contributed by atoms with van der Waals surface area (Å²) in [4.78, 5) is 0. The number of nitrogens with one attached hydrogen (secondary N) is 1. The Bertz CT molecular complexity index is 488. The van der Waals surface area contributed by atoms with Crippen LogP contribution in [-0.2, 0) is 10.2 Å². The van der Waals surface area contributed by atoms with Gasteiger partial charge in [-0.15, -0.1) is 0 Å². The third-order valence-electron chi connectivity index (χ3n) is 2.50. The minimum atomic E-state index is -3.54. The van der Waals surface area contributed by atoms with E-state index in [1.807, 2.05) is 0 Å². The van der Waals surface area contributed by atoms with E-state index in [0.717, 1.165) is 8.78 Å². The van der Waals surface area contributed by atoms with Crippen molar-refractivity contribution in [1.82, 2.24) is 9.03 Å². The van der Waals surface area contributed by atoms with Crippen molar-refractivity contribution in [3.8, 4) is 0 Å². The number of benzene rings is 1. The maximum Gasteiger partial charge on any atom is 0.279 e. The molecule has 5 nitrogen and oxygen atoms in total. The summed E-state index contributed by atoms with van der Waals surface area (Å²) < 4.78 is 27.6. The van der Waals surface area contributed by atoms with Crippen molar-refractivity contribution >= 4 is 26.1 Å². The Morgan fingerprint density at radius 1 is 1.28 bits per heavy atom. The lowest BCUT2D eigenvalue weighted by molar-refractivity contribution is 0.145. The van der Waals surface area contributed by atoms with Gasteiger partial charge < -0.3 is 5.11 Å². The third-order valence-corrected chi connectivity index (χ3v) is 4.66. The van der Waals surface area contributed by atoms with Gasteiger partial charge in [0, 0.05) is 18.6 Å². The zero-order valence-corrected chi connectivity index (χ0v) is 12.9. The lowest BCUT2D eigenvalue weighted by Gasteiger charge is -2.22. The number of aliphatic hydroxyl groups excluding tert-OH is 1. The number of aliphatic hydroxyl groups is 1. The van der Waals surface area contributed by atoms with Gasteiger partial charge in [0.25, 0.3) is 10.2 Å². The fourth-order valence-corrected chi connectivity index (χ4v) is 2.43. The Balaban J connectivity index is 2.79. The summed E-state index contributed by atoms with van der Waals surface area (Å²) in [6, 6.07) is 6.47. The molecule has 18 heavy (non-hydrogen) atoms. The third kappa shape index (κ3) is 4.03. The van der Waals surface area contributed by atoms with Gasteiger partial charge in [0.2, 0.25) is 0 Å². The van der Waals surface area contributed by atoms with Crippen LogP contribution in [0.15, 0.2) is 28.7 Å². The fraction of sp³-hybridized carbons (Fsp3) is 0.455. The van der Waals surface area contributed by atoms with E-state index in [9.17, 15) is 13.5 Å². The van der Waals surface area contributed by atoms with Crippen LogP contribution in [0.25, 0.3) is 0 Å². The summed E-state index contributed by atoms with van der Waals surface area (Å²) in [6.07, 6.45) is -0.896. The minimum absolute atomic E-state index is 0.612. The van der Waals surface area contributed by atoms with Crippen molar-refractivity contribution in [2.45, 2.75) is 19.1 Å². The van der Waals surface area contributed by atoms with Crippen molar-refractivity contribution < 1.29 is 13.5 Å². The van der Waals surface area contributed by atoms with Crippen LogP contribution < -0.4 is 4.72 Å². The summed E-state index contributed by atoms with van der Waals surface area (Å²) in [5.74, 6) is 0. The van der Waals surface area contributed by atoms with Crippen LogP contribution >= 0.6 is 15.9 Å². The van der Waals surface area contributed by atoms with Crippen LogP contribution in [0.2, 0.25) is 0 Å². The van der Waals surface area contributed by atoms with E-state index in [0.29, 0.717) is 5.56 Å². The number of nitrogens with zero attached hydrogens (tertiary/aromatic N) is 1. The van der Waals surface area contributed by atoms with Crippen molar-refractivity contribution in [2.24, 2.45) is 0 Å². The molecule has 0 saturated heterocycles. The smallest absolute Gasteiger partial charge is 0.279 e. The summed E-state index contributed by atoms with van der Waals surface area (Å²) in [6.45, 7) is 1.62. The Hall–Kier alpha value is -0.470. The first-order valence-corrected chi connectivity index (χ1v) is 7.60. The lowest BCUT2D eigenvalue weighted by atomic mass is 10.0. The number of hydrogen-bond acceptors (Lipinski definition) is 3. The van der Waals surface area contributed by atoms with E-state index in [4.69, 9.17) is 0 Å². The summed E-state index contributed by atoms with van der Waals surface area (Å²) in [7, 11) is -0.681. The van der Waals surface area contributed by atoms with Crippen LogP contribution in [0, 0.1) is 0 Å². The van der Waals surface area contributed by atoms with E-state index in [2.05, 4.69) is 20.7 Å². The van der Waals surface area contributed by atoms with Crippen LogP contribution in [0.5, 0.6) is 0 Å². The van der Waals surface area contributed by atoms with Gasteiger partial charge in [-0.3, -0.25) is 0 Å². The molecule has 0 radical (unpaired) electrons. The maximum atomic E-state index is 11.6. The molecule has 0 spiro atoms. The van der Waals surface area contributed by atoms with Gasteiger partial charge in [-0.05, 0) is 24.6 Å². The molecule has 102 valence electrons. The first-order chi connectivity index (χ1) is 8.24. The topological polar surface area (TPSA) is 69.6 Å². The second-order valence-electron chi connectivity index (χ2n) is 4.19. The Labute approximate surface area is 116 Å². The van der Waals surface area contributed by atoms with Gasteiger partial charge in [-0.2, -0.15) is 17.4 Å². The van der Waals surface area contributed by atoms with Crippen molar-refractivity contribution in [2.75, 3.05) is 14.1 Å². The zero-order valence-electron chi connectivity index (χ0n) is 10.5. The molecule has 0 aliphatic carbocycles. The molecule has 7 heteroatoms. The maximum absolute atomic E-state index is 11.6. The second-order valence-corrected chi connectivity index (χ2v) is 7.02. The fourth-order valence-electron chi connectivity index (χ4n) is 1.35. The van der Waals surface area contributed by atoms with E-state index in [-0.39, 0.29) is 0 Å². The van der Waals surface area contributed by atoms with Crippen LogP contribution in [-0.4, -0.2) is 38.0 Å². The van der Waals surface area contributed by atoms with Gasteiger partial charge in [-0.25, -0.2) is 0 Å². The van der Waals surface area contributed by atoms with E-state index >= 15 is 0 Å². The Morgan fingerprint density at radius 3 is 2.22 bits per heavy atom. The molecular formula is C11H17BrN2O3S. The summed E-state index contributed by atoms with van der Waals surface area (Å²) in [5, 5.41) is 10.1. The van der Waals surface area contributed by atoms with E-state index in [1.54, 1.807) is 31.2 Å². The highest BCUT2D eigenvalue weighted by molar-refractivity contribution is 9.10. The predicted octanol–water partition coefficient (Wildman–Crippen LogP) is 1.27. The van der Waals surface area contributed by atoms with Crippen molar-refractivity contribution in [3.05, 3.63) is 34.3 Å². The van der Waals surface area contributed by atoms with Gasteiger partial charge in [0.05, 0.1) is 12.1 Å². The molecule has 0 amide bonds. The first-order valence-electron chi connectivity index (χ1n) is 5.37. The molecule has 0 aliphatic heterocycles. The summed E-state index contributed by atoms with van der Waals surface area (Å²) in [5.41, 5.74) is 0.659. The number of rotatable bonds is 5. The molecule has 0 unspecified atom stereocenters. The second kappa shape index (κ2) is 6.12. The molecular weight excluding hydrogens is 320 g/mol. The molecule has 0 fully saturated rings.